The van der Waals surface area contributed by atoms with Gasteiger partial charge < -0.3 is 10.2 Å². The van der Waals surface area contributed by atoms with Gasteiger partial charge in [0.15, 0.2) is 0 Å². The molecule has 1 N–H and O–H groups in total. The van der Waals surface area contributed by atoms with E-state index in [0.29, 0.717) is 0 Å². The standard InChI is InChI=1S/C12H13N3O3.C7H4ClNO3.C5H10N2/c1-12(2,8-13)14(3)11(16)9-6-4-5-7-10(9)15(17)18;8-7(10)5-3-1-2-4-6(5)9(11)12;1-5(2,4-6)7-3/h4-7H,1-3H3;1-4H;7H,1-3H3. The number of benzene rings is 2. The molecule has 0 spiro atoms. The molecule has 0 heterocycles. The van der Waals surface area contributed by atoms with Gasteiger partial charge in [0, 0.05) is 19.2 Å². The predicted molar refractivity (Wildman–Crippen MR) is 137 cm³/mol. The molecule has 0 unspecified atom stereocenters. The second-order valence-corrected chi connectivity index (χ2v) is 8.69. The van der Waals surface area contributed by atoms with Crippen LogP contribution in [0.5, 0.6) is 0 Å². The summed E-state index contributed by atoms with van der Waals surface area (Å²) >= 11 is 5.11. The Labute approximate surface area is 219 Å². The minimum Gasteiger partial charge on any atom is -0.323 e. The van der Waals surface area contributed by atoms with Crippen LogP contribution >= 0.6 is 11.6 Å². The van der Waals surface area contributed by atoms with Gasteiger partial charge in [-0.05, 0) is 58.5 Å². The Bertz CT molecular complexity index is 1200. The molecule has 0 aromatic heterocycles. The minimum atomic E-state index is -1.03. The lowest BCUT2D eigenvalue weighted by atomic mass is 10.0. The van der Waals surface area contributed by atoms with Crippen molar-refractivity contribution in [3.05, 3.63) is 79.9 Å². The number of hydrogen-bond acceptors (Lipinski definition) is 9. The van der Waals surface area contributed by atoms with Crippen LogP contribution < -0.4 is 5.32 Å². The minimum absolute atomic E-state index is 0.0201. The molecular weight excluding hydrogens is 504 g/mol. The molecule has 0 saturated heterocycles. The second-order valence-electron chi connectivity index (χ2n) is 8.34. The number of nitro benzene ring substituents is 2. The number of rotatable bonds is 6. The van der Waals surface area contributed by atoms with Crippen LogP contribution in [0.3, 0.4) is 0 Å². The summed E-state index contributed by atoms with van der Waals surface area (Å²) in [5, 5.41) is 40.4. The normalized spacial score (nSPS) is 10.2. The summed E-state index contributed by atoms with van der Waals surface area (Å²) in [5.74, 6) is -0.547. The number of nitro groups is 2. The molecule has 0 aliphatic heterocycles. The molecule has 2 aromatic rings. The first-order valence-corrected chi connectivity index (χ1v) is 10.9. The first-order valence-electron chi connectivity index (χ1n) is 10.5. The summed E-state index contributed by atoms with van der Waals surface area (Å²) in [6.07, 6.45) is 0. The lowest BCUT2D eigenvalue weighted by molar-refractivity contribution is -0.385. The molecule has 196 valence electrons. The van der Waals surface area contributed by atoms with Crippen molar-refractivity contribution in [1.29, 1.82) is 10.5 Å². The van der Waals surface area contributed by atoms with Gasteiger partial charge in [-0.15, -0.1) is 0 Å². The highest BCUT2D eigenvalue weighted by atomic mass is 35.5. The van der Waals surface area contributed by atoms with E-state index in [1.165, 1.54) is 54.4 Å². The Morgan fingerprint density at radius 2 is 1.30 bits per heavy atom. The molecule has 37 heavy (non-hydrogen) atoms. The highest BCUT2D eigenvalue weighted by Crippen LogP contribution is 2.22. The fourth-order valence-electron chi connectivity index (χ4n) is 2.18. The fourth-order valence-corrected chi connectivity index (χ4v) is 2.34. The number of nitriles is 2. The van der Waals surface area contributed by atoms with E-state index in [2.05, 4.69) is 11.4 Å². The maximum absolute atomic E-state index is 12.1. The van der Waals surface area contributed by atoms with Crippen molar-refractivity contribution in [1.82, 2.24) is 10.2 Å². The topological polar surface area (TPSA) is 183 Å². The fraction of sp³-hybridized carbons (Fsp3) is 0.333. The van der Waals surface area contributed by atoms with E-state index in [-0.39, 0.29) is 28.0 Å². The first-order chi connectivity index (χ1) is 17.1. The van der Waals surface area contributed by atoms with Gasteiger partial charge in [-0.25, -0.2) is 0 Å². The van der Waals surface area contributed by atoms with Gasteiger partial charge in [0.2, 0.25) is 0 Å². The van der Waals surface area contributed by atoms with Crippen LogP contribution in [0.2, 0.25) is 0 Å². The van der Waals surface area contributed by atoms with Gasteiger partial charge in [0.05, 0.1) is 22.0 Å². The molecule has 12 nitrogen and oxygen atoms in total. The average molecular weight is 531 g/mol. The molecule has 0 saturated carbocycles. The van der Waals surface area contributed by atoms with E-state index in [9.17, 15) is 29.8 Å². The molecule has 2 rings (SSSR count). The Morgan fingerprint density at radius 1 is 0.892 bits per heavy atom. The predicted octanol–water partition coefficient (Wildman–Crippen LogP) is 4.45. The summed E-state index contributed by atoms with van der Waals surface area (Å²) in [5.41, 5.74) is -2.01. The lowest BCUT2D eigenvalue weighted by Gasteiger charge is -2.28. The van der Waals surface area contributed by atoms with Gasteiger partial charge >= 0.3 is 0 Å². The molecule has 1 amide bonds. The Kier molecular flexibility index (Phi) is 12.5. The second kappa shape index (κ2) is 14.2. The average Bonchev–Trinajstić information content (AvgIpc) is 2.88. The van der Waals surface area contributed by atoms with Gasteiger partial charge in [-0.1, -0.05) is 24.3 Å². The summed E-state index contributed by atoms with van der Waals surface area (Å²) in [6.45, 7) is 6.79. The Hall–Kier alpha value is -4.39. The number of hydrogen-bond donors (Lipinski definition) is 1. The van der Waals surface area contributed by atoms with E-state index in [4.69, 9.17) is 22.1 Å². The molecule has 2 aromatic carbocycles. The van der Waals surface area contributed by atoms with Gasteiger partial charge in [-0.3, -0.25) is 29.8 Å². The molecule has 0 aliphatic carbocycles. The van der Waals surface area contributed by atoms with Crippen molar-refractivity contribution < 1.29 is 19.4 Å². The molecule has 0 aliphatic rings. The zero-order valence-electron chi connectivity index (χ0n) is 21.2. The molecule has 0 fully saturated rings. The van der Waals surface area contributed by atoms with Crippen LogP contribution in [0.1, 0.15) is 48.4 Å². The third kappa shape index (κ3) is 10.0. The highest BCUT2D eigenvalue weighted by Gasteiger charge is 2.31. The molecule has 0 bridgehead atoms. The quantitative estimate of drug-likeness (QED) is 0.320. The van der Waals surface area contributed by atoms with Crippen molar-refractivity contribution in [3.63, 3.8) is 0 Å². The van der Waals surface area contributed by atoms with E-state index >= 15 is 0 Å². The van der Waals surface area contributed by atoms with E-state index < -0.39 is 26.5 Å². The van der Waals surface area contributed by atoms with Crippen LogP contribution in [0.4, 0.5) is 11.4 Å². The first kappa shape index (κ1) is 32.6. The monoisotopic (exact) mass is 530 g/mol. The van der Waals surface area contributed by atoms with E-state index in [1.807, 2.05) is 19.9 Å². The van der Waals surface area contributed by atoms with E-state index in [1.54, 1.807) is 27.0 Å². The van der Waals surface area contributed by atoms with Crippen LogP contribution in [0.25, 0.3) is 0 Å². The van der Waals surface area contributed by atoms with Gasteiger partial charge in [0.1, 0.15) is 22.2 Å². The molecule has 13 heteroatoms. The van der Waals surface area contributed by atoms with Crippen molar-refractivity contribution in [2.75, 3.05) is 14.1 Å². The Morgan fingerprint density at radius 3 is 1.59 bits per heavy atom. The van der Waals surface area contributed by atoms with E-state index in [0.717, 1.165) is 0 Å². The summed E-state index contributed by atoms with van der Waals surface area (Å²) in [7, 11) is 3.21. The van der Waals surface area contributed by atoms with Crippen LogP contribution in [-0.2, 0) is 0 Å². The number of nitrogens with zero attached hydrogens (tertiary/aromatic N) is 5. The van der Waals surface area contributed by atoms with Crippen LogP contribution in [-0.4, -0.2) is 51.1 Å². The van der Waals surface area contributed by atoms with Gasteiger partial charge in [-0.2, -0.15) is 10.5 Å². The largest absolute Gasteiger partial charge is 0.323 e. The SMILES string of the molecule is CN(C(=O)c1ccccc1[N+](=O)[O-])C(C)(C)C#N.CNC(C)(C)C#N.O=C(Cl)c1ccccc1[N+](=O)[O-]. The molecule has 0 atom stereocenters. The van der Waals surface area contributed by atoms with Crippen molar-refractivity contribution in [3.8, 4) is 12.1 Å². The smallest absolute Gasteiger partial charge is 0.282 e. The third-order valence-electron chi connectivity index (χ3n) is 4.96. The van der Waals surface area contributed by atoms with Gasteiger partial charge in [0.25, 0.3) is 22.5 Å². The number of amides is 1. The number of carbonyl (C=O) groups is 2. The molecular formula is C24H27ClN6O6. The lowest BCUT2D eigenvalue weighted by Crippen LogP contribution is -2.44. The zero-order valence-corrected chi connectivity index (χ0v) is 21.9. The zero-order chi connectivity index (χ0) is 29.0. The number of nitrogens with one attached hydrogen (secondary N) is 1. The highest BCUT2D eigenvalue weighted by molar-refractivity contribution is 6.68. The number of halogens is 1. The Balaban J connectivity index is 0.000000586. The maximum atomic E-state index is 12.1. The van der Waals surface area contributed by atoms with Crippen LogP contribution in [0.15, 0.2) is 48.5 Å². The number of para-hydroxylation sites is 2. The van der Waals surface area contributed by atoms with Crippen LogP contribution in [0, 0.1) is 42.9 Å². The summed E-state index contributed by atoms with van der Waals surface area (Å²) in [6, 6.07) is 15.3. The van der Waals surface area contributed by atoms with Crippen molar-refractivity contribution in [2.24, 2.45) is 0 Å². The maximum Gasteiger partial charge on any atom is 0.282 e. The third-order valence-corrected chi connectivity index (χ3v) is 5.17. The molecule has 0 radical (unpaired) electrons. The summed E-state index contributed by atoms with van der Waals surface area (Å²) in [4.78, 5) is 43.9. The van der Waals surface area contributed by atoms with Crippen molar-refractivity contribution in [2.45, 2.75) is 38.8 Å². The number of carbonyl (C=O) groups excluding carboxylic acids is 2. The summed E-state index contributed by atoms with van der Waals surface area (Å²) < 4.78 is 0. The van der Waals surface area contributed by atoms with Crippen molar-refractivity contribution >= 4 is 34.1 Å².